The van der Waals surface area contributed by atoms with E-state index >= 15 is 0 Å². The van der Waals surface area contributed by atoms with Gasteiger partial charge in [0.25, 0.3) is 0 Å². The molecular formula is C11H9F3O3. The number of alkyl halides is 3. The Morgan fingerprint density at radius 2 is 1.76 bits per heavy atom. The van der Waals surface area contributed by atoms with Crippen LogP contribution in [0, 0.1) is 0 Å². The van der Waals surface area contributed by atoms with Crippen LogP contribution in [0.15, 0.2) is 24.3 Å². The fourth-order valence-corrected chi connectivity index (χ4v) is 1.13. The molecule has 0 aliphatic carbocycles. The van der Waals surface area contributed by atoms with Crippen LogP contribution < -0.4 is 4.74 Å². The molecule has 0 heterocycles. The minimum Gasteiger partial charge on any atom is -0.497 e. The van der Waals surface area contributed by atoms with Gasteiger partial charge in [-0.1, -0.05) is 0 Å². The van der Waals surface area contributed by atoms with E-state index in [1.54, 1.807) is 0 Å². The molecule has 0 bridgehead atoms. The third-order valence-electron chi connectivity index (χ3n) is 2.11. The van der Waals surface area contributed by atoms with Gasteiger partial charge in [-0.3, -0.25) is 9.59 Å². The molecule has 0 aromatic heterocycles. The Hall–Kier alpha value is -1.85. The number of methoxy groups -OCH3 is 1. The number of carbonyl (C=O) groups is 2. The Morgan fingerprint density at radius 1 is 1.24 bits per heavy atom. The number of hydrogen-bond donors (Lipinski definition) is 0. The van der Waals surface area contributed by atoms with Gasteiger partial charge in [-0.2, -0.15) is 8.78 Å². The van der Waals surface area contributed by atoms with Crippen LogP contribution in [-0.2, 0) is 4.79 Å². The average molecular weight is 246 g/mol. The van der Waals surface area contributed by atoms with Crippen molar-refractivity contribution in [3.05, 3.63) is 29.8 Å². The molecule has 92 valence electrons. The van der Waals surface area contributed by atoms with Crippen LogP contribution in [0.4, 0.5) is 13.2 Å². The second-order valence-electron chi connectivity index (χ2n) is 3.19. The number of halogens is 3. The monoisotopic (exact) mass is 246 g/mol. The maximum absolute atomic E-state index is 13.1. The van der Waals surface area contributed by atoms with E-state index in [-0.39, 0.29) is 5.56 Å². The first-order valence-electron chi connectivity index (χ1n) is 4.59. The summed E-state index contributed by atoms with van der Waals surface area (Å²) in [4.78, 5) is 21.9. The normalized spacial score (nSPS) is 11.1. The van der Waals surface area contributed by atoms with Gasteiger partial charge in [-0.25, -0.2) is 4.39 Å². The van der Waals surface area contributed by atoms with E-state index in [4.69, 9.17) is 4.74 Å². The van der Waals surface area contributed by atoms with E-state index in [0.29, 0.717) is 5.75 Å². The van der Waals surface area contributed by atoms with Crippen molar-refractivity contribution < 1.29 is 27.5 Å². The van der Waals surface area contributed by atoms with Crippen molar-refractivity contribution in [3.63, 3.8) is 0 Å². The van der Waals surface area contributed by atoms with E-state index in [1.165, 1.54) is 19.2 Å². The van der Waals surface area contributed by atoms with E-state index in [1.807, 2.05) is 0 Å². The van der Waals surface area contributed by atoms with Gasteiger partial charge < -0.3 is 4.74 Å². The molecule has 0 aliphatic heterocycles. The Labute approximate surface area is 95.2 Å². The SMILES string of the molecule is COc1ccc(C(=O)C(F)(F)C(=O)CF)cc1. The lowest BCUT2D eigenvalue weighted by molar-refractivity contribution is -0.137. The molecule has 0 saturated carbocycles. The largest absolute Gasteiger partial charge is 0.497 e. The van der Waals surface area contributed by atoms with E-state index in [2.05, 4.69) is 0 Å². The number of rotatable bonds is 5. The van der Waals surface area contributed by atoms with Crippen molar-refractivity contribution in [2.75, 3.05) is 13.8 Å². The summed E-state index contributed by atoms with van der Waals surface area (Å²) in [6.07, 6.45) is 0. The first-order valence-corrected chi connectivity index (χ1v) is 4.59. The summed E-state index contributed by atoms with van der Waals surface area (Å²) >= 11 is 0. The highest BCUT2D eigenvalue weighted by Gasteiger charge is 2.46. The van der Waals surface area contributed by atoms with Crippen LogP contribution in [0.1, 0.15) is 10.4 Å². The summed E-state index contributed by atoms with van der Waals surface area (Å²) < 4.78 is 42.9. The first-order chi connectivity index (χ1) is 7.93. The highest BCUT2D eigenvalue weighted by Crippen LogP contribution is 2.23. The number of benzene rings is 1. The van der Waals surface area contributed by atoms with Crippen molar-refractivity contribution >= 4 is 11.6 Å². The summed E-state index contributed by atoms with van der Waals surface area (Å²) in [7, 11) is 1.37. The Morgan fingerprint density at radius 3 is 2.18 bits per heavy atom. The molecule has 1 aromatic carbocycles. The summed E-state index contributed by atoms with van der Waals surface area (Å²) in [5, 5.41) is 0. The number of Topliss-reactive ketones (excluding diaryl/α,β-unsaturated/α-hetero) is 2. The van der Waals surface area contributed by atoms with Gasteiger partial charge in [-0.15, -0.1) is 0 Å². The van der Waals surface area contributed by atoms with Gasteiger partial charge in [0, 0.05) is 5.56 Å². The van der Waals surface area contributed by atoms with Crippen molar-refractivity contribution in [1.82, 2.24) is 0 Å². The molecule has 1 aromatic rings. The molecule has 0 aliphatic rings. The lowest BCUT2D eigenvalue weighted by Gasteiger charge is -2.11. The molecule has 17 heavy (non-hydrogen) atoms. The molecule has 3 nitrogen and oxygen atoms in total. The summed E-state index contributed by atoms with van der Waals surface area (Å²) in [6, 6.07) is 4.76. The van der Waals surface area contributed by atoms with E-state index < -0.39 is 24.2 Å². The van der Waals surface area contributed by atoms with E-state index in [9.17, 15) is 22.8 Å². The van der Waals surface area contributed by atoms with Crippen LogP contribution in [0.25, 0.3) is 0 Å². The zero-order valence-corrected chi connectivity index (χ0v) is 8.88. The predicted molar refractivity (Wildman–Crippen MR) is 53.3 cm³/mol. The van der Waals surface area contributed by atoms with Crippen LogP contribution >= 0.6 is 0 Å². The van der Waals surface area contributed by atoms with Crippen LogP contribution in [-0.4, -0.2) is 31.3 Å². The average Bonchev–Trinajstić information content (AvgIpc) is 2.36. The first kappa shape index (κ1) is 13.2. The van der Waals surface area contributed by atoms with Gasteiger partial charge in [0.2, 0.25) is 11.6 Å². The van der Waals surface area contributed by atoms with Gasteiger partial charge in [0.1, 0.15) is 5.75 Å². The minimum absolute atomic E-state index is 0.377. The Kier molecular flexibility index (Phi) is 3.88. The molecule has 1 rings (SSSR count). The number of ketones is 2. The van der Waals surface area contributed by atoms with Crippen LogP contribution in [0.5, 0.6) is 5.75 Å². The number of carbonyl (C=O) groups excluding carboxylic acids is 2. The summed E-state index contributed by atoms with van der Waals surface area (Å²) in [6.45, 7) is -1.88. The molecule has 0 unspecified atom stereocenters. The quantitative estimate of drug-likeness (QED) is 0.590. The fourth-order valence-electron chi connectivity index (χ4n) is 1.13. The molecule has 0 saturated heterocycles. The molecule has 0 spiro atoms. The standard InChI is InChI=1S/C11H9F3O3/c1-17-8-4-2-7(3-5-8)10(16)11(13,14)9(15)6-12/h2-5H,6H2,1H3. The molecule has 6 heteroatoms. The van der Waals surface area contributed by atoms with E-state index in [0.717, 1.165) is 12.1 Å². The molecule has 0 atom stereocenters. The zero-order valence-electron chi connectivity index (χ0n) is 8.88. The highest BCUT2D eigenvalue weighted by atomic mass is 19.3. The molecule has 0 radical (unpaired) electrons. The number of ether oxygens (including phenoxy) is 1. The van der Waals surface area contributed by atoms with Crippen molar-refractivity contribution in [2.24, 2.45) is 0 Å². The third kappa shape index (κ3) is 2.64. The molecule has 0 N–H and O–H groups in total. The van der Waals surface area contributed by atoms with Gasteiger partial charge in [0.15, 0.2) is 6.67 Å². The second kappa shape index (κ2) is 4.99. The smallest absolute Gasteiger partial charge is 0.369 e. The molecule has 0 fully saturated rings. The molecule has 0 amide bonds. The Balaban J connectivity index is 2.99. The third-order valence-corrected chi connectivity index (χ3v) is 2.11. The molecular weight excluding hydrogens is 237 g/mol. The van der Waals surface area contributed by atoms with Gasteiger partial charge in [0.05, 0.1) is 7.11 Å². The lowest BCUT2D eigenvalue weighted by atomic mass is 10.0. The maximum Gasteiger partial charge on any atom is 0.369 e. The Bertz CT molecular complexity index is 426. The lowest BCUT2D eigenvalue weighted by Crippen LogP contribution is -2.39. The van der Waals surface area contributed by atoms with Crippen LogP contribution in [0.2, 0.25) is 0 Å². The highest BCUT2D eigenvalue weighted by molar-refractivity contribution is 6.16. The minimum atomic E-state index is -4.33. The predicted octanol–water partition coefficient (Wildman–Crippen LogP) is 2.05. The van der Waals surface area contributed by atoms with Crippen molar-refractivity contribution in [1.29, 1.82) is 0 Å². The maximum atomic E-state index is 13.1. The number of hydrogen-bond acceptors (Lipinski definition) is 3. The summed E-state index contributed by atoms with van der Waals surface area (Å²) in [5.41, 5.74) is -0.377. The van der Waals surface area contributed by atoms with Crippen molar-refractivity contribution in [2.45, 2.75) is 5.92 Å². The second-order valence-corrected chi connectivity index (χ2v) is 3.19. The fraction of sp³-hybridized carbons (Fsp3) is 0.273. The van der Waals surface area contributed by atoms with Gasteiger partial charge in [-0.05, 0) is 24.3 Å². The zero-order chi connectivity index (χ0) is 13.1. The van der Waals surface area contributed by atoms with Crippen LogP contribution in [0.3, 0.4) is 0 Å². The summed E-state index contributed by atoms with van der Waals surface area (Å²) in [5.74, 6) is -7.72. The topological polar surface area (TPSA) is 43.4 Å². The van der Waals surface area contributed by atoms with Gasteiger partial charge >= 0.3 is 5.92 Å². The van der Waals surface area contributed by atoms with Crippen molar-refractivity contribution in [3.8, 4) is 5.75 Å².